The van der Waals surface area contributed by atoms with Crippen LogP contribution in [0.5, 0.6) is 0 Å². The van der Waals surface area contributed by atoms with E-state index in [9.17, 15) is 18.0 Å². The summed E-state index contributed by atoms with van der Waals surface area (Å²) in [7, 11) is 0. The molecule has 0 unspecified atom stereocenters. The molecule has 0 saturated carbocycles. The first-order valence-electron chi connectivity index (χ1n) is 6.48. The average Bonchev–Trinajstić information content (AvgIpc) is 2.42. The molecule has 0 saturated heterocycles. The molecule has 1 rings (SSSR count). The molecular formula is C14H18F3NO3. The van der Waals surface area contributed by atoms with Gasteiger partial charge < -0.3 is 14.8 Å². The SMILES string of the molecule is CCOCc1ccccc1CNC(=O)COCC(F)(F)F. The Labute approximate surface area is 121 Å². The number of ether oxygens (including phenoxy) is 2. The zero-order chi connectivity index (χ0) is 15.7. The van der Waals surface area contributed by atoms with Crippen molar-refractivity contribution >= 4 is 5.91 Å². The van der Waals surface area contributed by atoms with Gasteiger partial charge in [-0.15, -0.1) is 0 Å². The van der Waals surface area contributed by atoms with Crippen molar-refractivity contribution < 1.29 is 27.4 Å². The quantitative estimate of drug-likeness (QED) is 0.802. The van der Waals surface area contributed by atoms with Gasteiger partial charge in [0.15, 0.2) is 0 Å². The van der Waals surface area contributed by atoms with Gasteiger partial charge in [0.25, 0.3) is 0 Å². The lowest BCUT2D eigenvalue weighted by molar-refractivity contribution is -0.175. The summed E-state index contributed by atoms with van der Waals surface area (Å²) >= 11 is 0. The number of alkyl halides is 3. The highest BCUT2D eigenvalue weighted by Gasteiger charge is 2.27. The summed E-state index contributed by atoms with van der Waals surface area (Å²) in [5.74, 6) is -0.592. The topological polar surface area (TPSA) is 47.6 Å². The monoisotopic (exact) mass is 305 g/mol. The summed E-state index contributed by atoms with van der Waals surface area (Å²) in [6.45, 7) is 1.05. The number of hydrogen-bond acceptors (Lipinski definition) is 3. The van der Waals surface area contributed by atoms with E-state index in [1.807, 2.05) is 31.2 Å². The molecule has 0 bridgehead atoms. The van der Waals surface area contributed by atoms with E-state index in [0.29, 0.717) is 13.2 Å². The van der Waals surface area contributed by atoms with Crippen LogP contribution in [0.3, 0.4) is 0 Å². The highest BCUT2D eigenvalue weighted by molar-refractivity contribution is 5.77. The maximum Gasteiger partial charge on any atom is 0.411 e. The third kappa shape index (κ3) is 7.67. The Kier molecular flexibility index (Phi) is 7.18. The first-order valence-corrected chi connectivity index (χ1v) is 6.48. The molecule has 118 valence electrons. The molecule has 0 aliphatic carbocycles. The smallest absolute Gasteiger partial charge is 0.377 e. The molecule has 1 aromatic rings. The number of amides is 1. The van der Waals surface area contributed by atoms with E-state index in [-0.39, 0.29) is 6.54 Å². The Bertz CT molecular complexity index is 449. The fraction of sp³-hybridized carbons (Fsp3) is 0.500. The van der Waals surface area contributed by atoms with Crippen molar-refractivity contribution in [2.45, 2.75) is 26.3 Å². The Morgan fingerprint density at radius 3 is 2.48 bits per heavy atom. The van der Waals surface area contributed by atoms with Crippen molar-refractivity contribution in [2.24, 2.45) is 0 Å². The Hall–Kier alpha value is -1.60. The second-order valence-electron chi connectivity index (χ2n) is 4.29. The van der Waals surface area contributed by atoms with Crippen LogP contribution in [0.2, 0.25) is 0 Å². The standard InChI is InChI=1S/C14H18F3NO3/c1-2-20-8-12-6-4-3-5-11(12)7-18-13(19)9-21-10-14(15,16)17/h3-6H,2,7-10H2,1H3,(H,18,19). The molecule has 1 aromatic carbocycles. The lowest BCUT2D eigenvalue weighted by Crippen LogP contribution is -2.29. The van der Waals surface area contributed by atoms with E-state index >= 15 is 0 Å². The number of carbonyl (C=O) groups is 1. The Morgan fingerprint density at radius 2 is 1.86 bits per heavy atom. The van der Waals surface area contributed by atoms with Gasteiger partial charge in [-0.05, 0) is 18.1 Å². The number of carbonyl (C=O) groups excluding carboxylic acids is 1. The third-order valence-corrected chi connectivity index (χ3v) is 2.55. The minimum Gasteiger partial charge on any atom is -0.377 e. The molecule has 4 nitrogen and oxygen atoms in total. The fourth-order valence-corrected chi connectivity index (χ4v) is 1.59. The summed E-state index contributed by atoms with van der Waals surface area (Å²) in [5, 5.41) is 2.52. The maximum atomic E-state index is 11.9. The lowest BCUT2D eigenvalue weighted by Gasteiger charge is -2.11. The van der Waals surface area contributed by atoms with Crippen molar-refractivity contribution in [1.82, 2.24) is 5.32 Å². The van der Waals surface area contributed by atoms with Crippen molar-refractivity contribution in [1.29, 1.82) is 0 Å². The average molecular weight is 305 g/mol. The van der Waals surface area contributed by atoms with Crippen molar-refractivity contribution in [3.8, 4) is 0 Å². The van der Waals surface area contributed by atoms with Gasteiger partial charge in [0.05, 0.1) is 6.61 Å². The fourth-order valence-electron chi connectivity index (χ4n) is 1.59. The number of halogens is 3. The molecule has 0 aliphatic heterocycles. The molecule has 0 radical (unpaired) electrons. The molecule has 0 fully saturated rings. The summed E-state index contributed by atoms with van der Waals surface area (Å²) in [5.41, 5.74) is 1.78. The molecule has 1 N–H and O–H groups in total. The summed E-state index contributed by atoms with van der Waals surface area (Å²) in [6.07, 6.45) is -4.43. The van der Waals surface area contributed by atoms with Crippen LogP contribution in [0, 0.1) is 0 Å². The normalized spacial score (nSPS) is 11.4. The largest absolute Gasteiger partial charge is 0.411 e. The Balaban J connectivity index is 2.39. The van der Waals surface area contributed by atoms with Crippen LogP contribution in [0.25, 0.3) is 0 Å². The van der Waals surface area contributed by atoms with E-state index in [4.69, 9.17) is 4.74 Å². The van der Waals surface area contributed by atoms with Gasteiger partial charge in [-0.3, -0.25) is 4.79 Å². The molecule has 0 spiro atoms. The predicted molar refractivity (Wildman–Crippen MR) is 70.5 cm³/mol. The zero-order valence-electron chi connectivity index (χ0n) is 11.7. The van der Waals surface area contributed by atoms with Gasteiger partial charge >= 0.3 is 6.18 Å². The van der Waals surface area contributed by atoms with Crippen LogP contribution in [0.4, 0.5) is 13.2 Å². The van der Waals surface area contributed by atoms with E-state index in [0.717, 1.165) is 11.1 Å². The van der Waals surface area contributed by atoms with Gasteiger partial charge in [0, 0.05) is 13.2 Å². The molecule has 0 atom stereocenters. The third-order valence-electron chi connectivity index (χ3n) is 2.55. The molecule has 7 heteroatoms. The van der Waals surface area contributed by atoms with E-state index in [1.54, 1.807) is 0 Å². The highest BCUT2D eigenvalue weighted by Crippen LogP contribution is 2.14. The number of nitrogens with one attached hydrogen (secondary N) is 1. The molecule has 1 amide bonds. The van der Waals surface area contributed by atoms with Crippen LogP contribution < -0.4 is 5.32 Å². The summed E-state index contributed by atoms with van der Waals surface area (Å²) < 4.78 is 45.2. The number of rotatable bonds is 8. The Morgan fingerprint density at radius 1 is 1.19 bits per heavy atom. The van der Waals surface area contributed by atoms with Crippen molar-refractivity contribution in [3.05, 3.63) is 35.4 Å². The van der Waals surface area contributed by atoms with Crippen LogP contribution in [-0.4, -0.2) is 31.9 Å². The molecule has 21 heavy (non-hydrogen) atoms. The zero-order valence-corrected chi connectivity index (χ0v) is 11.7. The molecule has 0 heterocycles. The first kappa shape index (κ1) is 17.5. The van der Waals surface area contributed by atoms with Gasteiger partial charge in [-0.1, -0.05) is 24.3 Å². The van der Waals surface area contributed by atoms with Crippen LogP contribution in [0.1, 0.15) is 18.1 Å². The number of benzene rings is 1. The van der Waals surface area contributed by atoms with E-state index in [2.05, 4.69) is 10.1 Å². The van der Waals surface area contributed by atoms with Gasteiger partial charge in [0.2, 0.25) is 5.91 Å². The van der Waals surface area contributed by atoms with Crippen molar-refractivity contribution in [3.63, 3.8) is 0 Å². The second-order valence-corrected chi connectivity index (χ2v) is 4.29. The van der Waals surface area contributed by atoms with E-state index < -0.39 is 25.3 Å². The first-order chi connectivity index (χ1) is 9.92. The molecule has 0 aromatic heterocycles. The predicted octanol–water partition coefficient (Wildman–Crippen LogP) is 2.42. The molecular weight excluding hydrogens is 287 g/mol. The van der Waals surface area contributed by atoms with Crippen LogP contribution >= 0.6 is 0 Å². The highest BCUT2D eigenvalue weighted by atomic mass is 19.4. The van der Waals surface area contributed by atoms with E-state index in [1.165, 1.54) is 0 Å². The van der Waals surface area contributed by atoms with Gasteiger partial charge in [-0.2, -0.15) is 13.2 Å². The summed E-state index contributed by atoms with van der Waals surface area (Å²) in [4.78, 5) is 11.4. The lowest BCUT2D eigenvalue weighted by atomic mass is 10.1. The second kappa shape index (κ2) is 8.63. The van der Waals surface area contributed by atoms with Gasteiger partial charge in [0.1, 0.15) is 13.2 Å². The maximum absolute atomic E-state index is 11.9. The number of hydrogen-bond donors (Lipinski definition) is 1. The molecule has 0 aliphatic rings. The van der Waals surface area contributed by atoms with Crippen LogP contribution in [0.15, 0.2) is 24.3 Å². The minimum absolute atomic E-state index is 0.220. The van der Waals surface area contributed by atoms with Crippen molar-refractivity contribution in [2.75, 3.05) is 19.8 Å². The van der Waals surface area contributed by atoms with Gasteiger partial charge in [-0.25, -0.2) is 0 Å². The summed E-state index contributed by atoms with van der Waals surface area (Å²) in [6, 6.07) is 7.37. The van der Waals surface area contributed by atoms with Crippen LogP contribution in [-0.2, 0) is 27.4 Å². The minimum atomic E-state index is -4.43.